The van der Waals surface area contributed by atoms with Crippen LogP contribution in [0.5, 0.6) is 0 Å². The average molecular weight is 258 g/mol. The molecule has 96 valence electrons. The standard InChI is InChI=1S/C12H19O4P/c1-3-12(14-2)10-16-17(13)15-9-11-7-5-4-6-8-11/h4-8,12-13H,3,9-10H2,1-2H3. The van der Waals surface area contributed by atoms with Gasteiger partial charge in [0.1, 0.15) is 0 Å². The van der Waals surface area contributed by atoms with E-state index >= 15 is 0 Å². The molecule has 0 aliphatic rings. The van der Waals surface area contributed by atoms with Gasteiger partial charge in [0.15, 0.2) is 0 Å². The molecule has 0 saturated heterocycles. The van der Waals surface area contributed by atoms with E-state index in [1.165, 1.54) is 0 Å². The van der Waals surface area contributed by atoms with E-state index in [9.17, 15) is 4.89 Å². The van der Waals surface area contributed by atoms with Gasteiger partial charge in [-0.05, 0) is 12.0 Å². The van der Waals surface area contributed by atoms with Gasteiger partial charge >= 0.3 is 8.60 Å². The van der Waals surface area contributed by atoms with Gasteiger partial charge in [0.25, 0.3) is 0 Å². The number of ether oxygens (including phenoxy) is 1. The molecule has 5 heteroatoms. The van der Waals surface area contributed by atoms with Gasteiger partial charge in [-0.1, -0.05) is 37.3 Å². The molecule has 1 aromatic rings. The summed E-state index contributed by atoms with van der Waals surface area (Å²) >= 11 is 0. The molecule has 17 heavy (non-hydrogen) atoms. The van der Waals surface area contributed by atoms with Gasteiger partial charge in [0.2, 0.25) is 0 Å². The zero-order chi connectivity index (χ0) is 12.5. The molecule has 1 aromatic carbocycles. The van der Waals surface area contributed by atoms with Gasteiger partial charge < -0.3 is 18.7 Å². The number of hydrogen-bond donors (Lipinski definition) is 1. The fourth-order valence-corrected chi connectivity index (χ4v) is 1.87. The number of methoxy groups -OCH3 is 1. The summed E-state index contributed by atoms with van der Waals surface area (Å²) in [6.45, 7) is 2.71. The molecule has 0 amide bonds. The molecule has 0 aromatic heterocycles. The lowest BCUT2D eigenvalue weighted by molar-refractivity contribution is 0.0467. The second-order valence-corrected chi connectivity index (χ2v) is 4.55. The first-order valence-electron chi connectivity index (χ1n) is 5.57. The smallest absolute Gasteiger partial charge is 0.330 e. The molecule has 0 aliphatic heterocycles. The molecule has 1 rings (SSSR count). The molecule has 0 fully saturated rings. The molecule has 0 spiro atoms. The molecule has 0 heterocycles. The maximum Gasteiger partial charge on any atom is 0.330 e. The summed E-state index contributed by atoms with van der Waals surface area (Å²) in [5.41, 5.74) is 1.01. The van der Waals surface area contributed by atoms with Gasteiger partial charge in [-0.3, -0.25) is 0 Å². The SMILES string of the molecule is CCC(COP(O)OCc1ccccc1)OC. The molecule has 0 aliphatic carbocycles. The van der Waals surface area contributed by atoms with E-state index in [1.54, 1.807) is 7.11 Å². The topological polar surface area (TPSA) is 47.9 Å². The van der Waals surface area contributed by atoms with E-state index in [0.29, 0.717) is 13.2 Å². The molecule has 0 saturated carbocycles. The highest BCUT2D eigenvalue weighted by atomic mass is 31.2. The van der Waals surface area contributed by atoms with Crippen LogP contribution in [0.3, 0.4) is 0 Å². The van der Waals surface area contributed by atoms with Crippen molar-refractivity contribution in [1.29, 1.82) is 0 Å². The number of benzene rings is 1. The Morgan fingerprint density at radius 1 is 1.24 bits per heavy atom. The van der Waals surface area contributed by atoms with Crippen molar-refractivity contribution in [3.8, 4) is 0 Å². The molecule has 2 unspecified atom stereocenters. The van der Waals surface area contributed by atoms with Gasteiger partial charge in [0, 0.05) is 7.11 Å². The zero-order valence-corrected chi connectivity index (χ0v) is 11.1. The van der Waals surface area contributed by atoms with Crippen molar-refractivity contribution in [3.05, 3.63) is 35.9 Å². The summed E-state index contributed by atoms with van der Waals surface area (Å²) in [5.74, 6) is 0. The minimum atomic E-state index is -1.83. The summed E-state index contributed by atoms with van der Waals surface area (Å²) < 4.78 is 15.5. The average Bonchev–Trinajstić information content (AvgIpc) is 2.39. The van der Waals surface area contributed by atoms with E-state index in [-0.39, 0.29) is 6.10 Å². The van der Waals surface area contributed by atoms with Crippen molar-refractivity contribution in [2.75, 3.05) is 13.7 Å². The Balaban J connectivity index is 2.19. The maximum atomic E-state index is 9.52. The predicted molar refractivity (Wildman–Crippen MR) is 67.4 cm³/mol. The highest BCUT2D eigenvalue weighted by Crippen LogP contribution is 2.34. The first-order chi connectivity index (χ1) is 8.26. The van der Waals surface area contributed by atoms with Crippen molar-refractivity contribution in [2.45, 2.75) is 26.1 Å². The molecular formula is C12H19O4P. The lowest BCUT2D eigenvalue weighted by atomic mass is 10.2. The van der Waals surface area contributed by atoms with Gasteiger partial charge in [-0.2, -0.15) is 0 Å². The Hall–Kier alpha value is -0.510. The Bertz CT molecular complexity index is 290. The monoisotopic (exact) mass is 258 g/mol. The van der Waals surface area contributed by atoms with Crippen LogP contribution in [-0.2, 0) is 20.4 Å². The Morgan fingerprint density at radius 3 is 2.53 bits per heavy atom. The van der Waals surface area contributed by atoms with Crippen molar-refractivity contribution in [1.82, 2.24) is 0 Å². The van der Waals surface area contributed by atoms with Crippen LogP contribution in [0.15, 0.2) is 30.3 Å². The quantitative estimate of drug-likeness (QED) is 0.728. The van der Waals surface area contributed by atoms with Gasteiger partial charge in [-0.25, -0.2) is 0 Å². The van der Waals surface area contributed by atoms with Gasteiger partial charge in [-0.15, -0.1) is 0 Å². The highest BCUT2D eigenvalue weighted by Gasteiger charge is 2.11. The third-order valence-corrected chi connectivity index (χ3v) is 3.06. The third-order valence-electron chi connectivity index (χ3n) is 2.34. The lowest BCUT2D eigenvalue weighted by Gasteiger charge is -2.15. The zero-order valence-electron chi connectivity index (χ0n) is 10.2. The van der Waals surface area contributed by atoms with Crippen LogP contribution in [0.4, 0.5) is 0 Å². The molecule has 4 nitrogen and oxygen atoms in total. The van der Waals surface area contributed by atoms with E-state index in [4.69, 9.17) is 13.8 Å². The third kappa shape index (κ3) is 6.10. The second-order valence-electron chi connectivity index (χ2n) is 3.56. The summed E-state index contributed by atoms with van der Waals surface area (Å²) in [6.07, 6.45) is 0.853. The van der Waals surface area contributed by atoms with Crippen LogP contribution >= 0.6 is 8.60 Å². The fraction of sp³-hybridized carbons (Fsp3) is 0.500. The summed E-state index contributed by atoms with van der Waals surface area (Å²) in [4.78, 5) is 9.52. The number of rotatable bonds is 8. The second kappa shape index (κ2) is 8.56. The van der Waals surface area contributed by atoms with Crippen LogP contribution in [0.1, 0.15) is 18.9 Å². The lowest BCUT2D eigenvalue weighted by Crippen LogP contribution is -2.15. The van der Waals surface area contributed by atoms with Crippen LogP contribution in [-0.4, -0.2) is 24.7 Å². The molecular weight excluding hydrogens is 239 g/mol. The highest BCUT2D eigenvalue weighted by molar-refractivity contribution is 7.40. The van der Waals surface area contributed by atoms with E-state index in [1.807, 2.05) is 37.3 Å². The normalized spacial score (nSPS) is 14.5. The minimum Gasteiger partial charge on any atom is -0.379 e. The van der Waals surface area contributed by atoms with Crippen molar-refractivity contribution >= 4 is 8.60 Å². The predicted octanol–water partition coefficient (Wildman–Crippen LogP) is 2.86. The largest absolute Gasteiger partial charge is 0.379 e. The fourth-order valence-electron chi connectivity index (χ4n) is 1.24. The maximum absolute atomic E-state index is 9.52. The first-order valence-corrected chi connectivity index (χ1v) is 6.70. The van der Waals surface area contributed by atoms with E-state index in [2.05, 4.69) is 0 Å². The van der Waals surface area contributed by atoms with Crippen LogP contribution in [0, 0.1) is 0 Å². The van der Waals surface area contributed by atoms with E-state index < -0.39 is 8.60 Å². The minimum absolute atomic E-state index is 0.00692. The molecule has 0 bridgehead atoms. The Kier molecular flexibility index (Phi) is 7.33. The number of hydrogen-bond acceptors (Lipinski definition) is 4. The summed E-state index contributed by atoms with van der Waals surface area (Å²) in [7, 11) is -0.201. The van der Waals surface area contributed by atoms with Crippen LogP contribution in [0.25, 0.3) is 0 Å². The first kappa shape index (κ1) is 14.6. The van der Waals surface area contributed by atoms with Crippen molar-refractivity contribution in [2.24, 2.45) is 0 Å². The van der Waals surface area contributed by atoms with Crippen molar-refractivity contribution in [3.63, 3.8) is 0 Å². The van der Waals surface area contributed by atoms with Crippen LogP contribution in [0.2, 0.25) is 0 Å². The van der Waals surface area contributed by atoms with E-state index in [0.717, 1.165) is 12.0 Å². The van der Waals surface area contributed by atoms with Crippen molar-refractivity contribution < 1.29 is 18.7 Å². The van der Waals surface area contributed by atoms with Crippen LogP contribution < -0.4 is 0 Å². The Labute approximate surface area is 104 Å². The summed E-state index contributed by atoms with van der Waals surface area (Å²) in [5, 5.41) is 0. The molecule has 2 atom stereocenters. The summed E-state index contributed by atoms with van der Waals surface area (Å²) in [6, 6.07) is 9.67. The van der Waals surface area contributed by atoms with Gasteiger partial charge in [0.05, 0.1) is 19.3 Å². The molecule has 0 radical (unpaired) electrons. The Morgan fingerprint density at radius 2 is 1.94 bits per heavy atom. The molecule has 1 N–H and O–H groups in total.